The molecule has 8 nitrogen and oxygen atoms in total. The maximum atomic E-state index is 13.2. The smallest absolute Gasteiger partial charge is 0.339 e. The van der Waals surface area contributed by atoms with Gasteiger partial charge in [-0.25, -0.2) is 18.0 Å². The van der Waals surface area contributed by atoms with E-state index in [1.807, 2.05) is 6.92 Å². The predicted octanol–water partition coefficient (Wildman–Crippen LogP) is 1.27. The van der Waals surface area contributed by atoms with E-state index in [1.54, 1.807) is 0 Å². The second kappa shape index (κ2) is 9.29. The average Bonchev–Trinajstić information content (AvgIpc) is 2.70. The number of carbonyl (C=O) groups excluding carboxylic acids is 2. The summed E-state index contributed by atoms with van der Waals surface area (Å²) in [4.78, 5) is 23.6. The second-order valence-electron chi connectivity index (χ2n) is 6.35. The monoisotopic (exact) mass is 398 g/mol. The largest absolute Gasteiger partial charge is 0.465 e. The van der Waals surface area contributed by atoms with E-state index in [-0.39, 0.29) is 16.0 Å². The molecule has 9 heteroatoms. The van der Waals surface area contributed by atoms with E-state index < -0.39 is 22.0 Å². The Labute approximate surface area is 159 Å². The summed E-state index contributed by atoms with van der Waals surface area (Å²) in [6.07, 6.45) is 1.47. The molecular formula is C18H26N2O6S. The van der Waals surface area contributed by atoms with Crippen molar-refractivity contribution in [2.75, 3.05) is 40.4 Å². The molecule has 2 rings (SSSR count). The highest BCUT2D eigenvalue weighted by molar-refractivity contribution is 7.89. The summed E-state index contributed by atoms with van der Waals surface area (Å²) in [5, 5.41) is 3.28. The highest BCUT2D eigenvalue weighted by Crippen LogP contribution is 2.27. The summed E-state index contributed by atoms with van der Waals surface area (Å²) >= 11 is 0. The number of nitrogens with one attached hydrogen (secondary N) is 1. The molecule has 0 spiro atoms. The van der Waals surface area contributed by atoms with Crippen molar-refractivity contribution in [2.45, 2.75) is 24.7 Å². The number of esters is 2. The number of rotatable bonds is 7. The van der Waals surface area contributed by atoms with Crippen LogP contribution in [0.5, 0.6) is 0 Å². The zero-order chi connectivity index (χ0) is 20.0. The molecule has 1 aliphatic heterocycles. The molecule has 1 fully saturated rings. The molecule has 1 aliphatic rings. The van der Waals surface area contributed by atoms with Gasteiger partial charge in [0.2, 0.25) is 10.0 Å². The molecule has 0 bridgehead atoms. The number of methoxy groups -OCH3 is 2. The van der Waals surface area contributed by atoms with E-state index in [0.717, 1.165) is 25.9 Å². The number of ether oxygens (including phenoxy) is 2. The first kappa shape index (κ1) is 21.3. The topological polar surface area (TPSA) is 102 Å². The van der Waals surface area contributed by atoms with Gasteiger partial charge in [0.1, 0.15) is 0 Å². The van der Waals surface area contributed by atoms with Crippen LogP contribution in [0.4, 0.5) is 0 Å². The minimum Gasteiger partial charge on any atom is -0.465 e. The van der Waals surface area contributed by atoms with Crippen molar-refractivity contribution in [3.63, 3.8) is 0 Å². The summed E-state index contributed by atoms with van der Waals surface area (Å²) in [7, 11) is -1.56. The first-order valence-electron chi connectivity index (χ1n) is 8.86. The van der Waals surface area contributed by atoms with Crippen molar-refractivity contribution in [3.05, 3.63) is 29.3 Å². The number of nitrogens with zero attached hydrogens (tertiary/aromatic N) is 1. The Bertz CT molecular complexity index is 785. The molecule has 1 aromatic rings. The zero-order valence-electron chi connectivity index (χ0n) is 15.9. The van der Waals surface area contributed by atoms with Gasteiger partial charge in [-0.15, -0.1) is 0 Å². The fourth-order valence-corrected chi connectivity index (χ4v) is 4.78. The van der Waals surface area contributed by atoms with Crippen molar-refractivity contribution in [3.8, 4) is 0 Å². The minimum absolute atomic E-state index is 0.0609. The van der Waals surface area contributed by atoms with Crippen LogP contribution in [0.25, 0.3) is 0 Å². The first-order chi connectivity index (χ1) is 12.8. The molecule has 1 saturated heterocycles. The van der Waals surface area contributed by atoms with Gasteiger partial charge in [-0.05, 0) is 50.0 Å². The van der Waals surface area contributed by atoms with E-state index in [0.29, 0.717) is 19.0 Å². The van der Waals surface area contributed by atoms with Gasteiger partial charge in [-0.2, -0.15) is 4.31 Å². The lowest BCUT2D eigenvalue weighted by molar-refractivity contribution is 0.0583. The van der Waals surface area contributed by atoms with Gasteiger partial charge in [-0.1, -0.05) is 6.92 Å². The Morgan fingerprint density at radius 1 is 1.15 bits per heavy atom. The highest BCUT2D eigenvalue weighted by Gasteiger charge is 2.33. The molecule has 0 amide bonds. The van der Waals surface area contributed by atoms with Crippen LogP contribution in [0.1, 0.15) is 40.5 Å². The Hall–Kier alpha value is -1.97. The van der Waals surface area contributed by atoms with Gasteiger partial charge in [0.15, 0.2) is 0 Å². The van der Waals surface area contributed by atoms with Gasteiger partial charge >= 0.3 is 11.9 Å². The summed E-state index contributed by atoms with van der Waals surface area (Å²) in [5.41, 5.74) is -0.0364. The van der Waals surface area contributed by atoms with Crippen molar-refractivity contribution < 1.29 is 27.5 Å². The molecule has 0 radical (unpaired) electrons. The van der Waals surface area contributed by atoms with E-state index in [4.69, 9.17) is 4.74 Å². The van der Waals surface area contributed by atoms with Crippen LogP contribution in [0.15, 0.2) is 23.1 Å². The van der Waals surface area contributed by atoms with Crippen LogP contribution in [0.2, 0.25) is 0 Å². The van der Waals surface area contributed by atoms with Crippen LogP contribution in [0, 0.1) is 5.92 Å². The van der Waals surface area contributed by atoms with Gasteiger partial charge < -0.3 is 14.8 Å². The Kier molecular flexibility index (Phi) is 7.34. The van der Waals surface area contributed by atoms with Crippen LogP contribution in [-0.4, -0.2) is 65.1 Å². The van der Waals surface area contributed by atoms with Crippen LogP contribution in [-0.2, 0) is 19.5 Å². The van der Waals surface area contributed by atoms with Crippen LogP contribution >= 0.6 is 0 Å². The van der Waals surface area contributed by atoms with Gasteiger partial charge in [0, 0.05) is 13.1 Å². The molecular weight excluding hydrogens is 372 g/mol. The lowest BCUT2D eigenvalue weighted by atomic mass is 9.98. The third kappa shape index (κ3) is 4.85. The number of hydrogen-bond acceptors (Lipinski definition) is 7. The fourth-order valence-electron chi connectivity index (χ4n) is 3.10. The normalized spacial score (nSPS) is 16.1. The Balaban J connectivity index is 2.33. The summed E-state index contributed by atoms with van der Waals surface area (Å²) in [6.45, 7) is 4.49. The second-order valence-corrected chi connectivity index (χ2v) is 8.26. The fraction of sp³-hybridized carbons (Fsp3) is 0.556. The molecule has 1 aromatic carbocycles. The van der Waals surface area contributed by atoms with Gasteiger partial charge in [0.25, 0.3) is 0 Å². The number of hydrogen-bond donors (Lipinski definition) is 1. The predicted molar refractivity (Wildman–Crippen MR) is 99.1 cm³/mol. The quantitative estimate of drug-likeness (QED) is 0.690. The van der Waals surface area contributed by atoms with Crippen molar-refractivity contribution in [2.24, 2.45) is 5.92 Å². The molecule has 0 aromatic heterocycles. The number of carbonyl (C=O) groups is 2. The maximum Gasteiger partial charge on any atom is 0.339 e. The summed E-state index contributed by atoms with van der Waals surface area (Å²) in [5.74, 6) is -1.03. The number of sulfonamides is 1. The number of benzene rings is 1. The molecule has 150 valence electrons. The Morgan fingerprint density at radius 2 is 1.78 bits per heavy atom. The van der Waals surface area contributed by atoms with Crippen LogP contribution in [0.3, 0.4) is 0 Å². The highest BCUT2D eigenvalue weighted by atomic mass is 32.2. The third-order valence-electron chi connectivity index (χ3n) is 4.68. The van der Waals surface area contributed by atoms with Crippen LogP contribution < -0.4 is 5.32 Å². The van der Waals surface area contributed by atoms with Crippen molar-refractivity contribution in [1.82, 2.24) is 9.62 Å². The third-order valence-corrected chi connectivity index (χ3v) is 6.62. The molecule has 27 heavy (non-hydrogen) atoms. The molecule has 0 saturated carbocycles. The number of piperidine rings is 1. The summed E-state index contributed by atoms with van der Waals surface area (Å²) in [6, 6.07) is 3.81. The zero-order valence-corrected chi connectivity index (χ0v) is 16.7. The lowest BCUT2D eigenvalue weighted by Crippen LogP contribution is -2.41. The standard InChI is InChI=1S/C18H26N2O6S/c1-4-19-12-13-7-9-20(10-8-13)27(23,24)16-11-14(17(21)25-2)5-6-15(16)18(22)26-3/h5-6,11,13,19H,4,7-10,12H2,1-3H3. The first-order valence-corrected chi connectivity index (χ1v) is 10.3. The minimum atomic E-state index is -3.95. The molecule has 1 N–H and O–H groups in total. The molecule has 1 heterocycles. The molecule has 0 unspecified atom stereocenters. The van der Waals surface area contributed by atoms with Gasteiger partial charge in [-0.3, -0.25) is 0 Å². The lowest BCUT2D eigenvalue weighted by Gasteiger charge is -2.31. The summed E-state index contributed by atoms with van der Waals surface area (Å²) < 4.78 is 37.0. The van der Waals surface area contributed by atoms with E-state index in [2.05, 4.69) is 10.1 Å². The average molecular weight is 398 g/mol. The van der Waals surface area contributed by atoms with Gasteiger partial charge in [0.05, 0.1) is 30.2 Å². The molecule has 0 aliphatic carbocycles. The van der Waals surface area contributed by atoms with E-state index in [9.17, 15) is 18.0 Å². The van der Waals surface area contributed by atoms with E-state index in [1.165, 1.54) is 36.7 Å². The Morgan fingerprint density at radius 3 is 2.33 bits per heavy atom. The van der Waals surface area contributed by atoms with E-state index >= 15 is 0 Å². The SMILES string of the molecule is CCNCC1CCN(S(=O)(=O)c2cc(C(=O)OC)ccc2C(=O)OC)CC1. The van der Waals surface area contributed by atoms with Crippen molar-refractivity contribution >= 4 is 22.0 Å². The maximum absolute atomic E-state index is 13.2. The molecule has 0 atom stereocenters. The van der Waals surface area contributed by atoms with Crippen molar-refractivity contribution in [1.29, 1.82) is 0 Å².